The van der Waals surface area contributed by atoms with Gasteiger partial charge in [-0.1, -0.05) is 0 Å². The second kappa shape index (κ2) is 7.43. The van der Waals surface area contributed by atoms with E-state index in [0.717, 1.165) is 34.5 Å². The molecule has 0 saturated carbocycles. The Labute approximate surface area is 169 Å². The molecule has 4 rings (SSSR count). The molecule has 8 nitrogen and oxygen atoms in total. The van der Waals surface area contributed by atoms with Crippen LogP contribution in [-0.4, -0.2) is 46.1 Å². The van der Waals surface area contributed by atoms with Gasteiger partial charge in [0, 0.05) is 6.07 Å². The quantitative estimate of drug-likeness (QED) is 0.662. The van der Waals surface area contributed by atoms with E-state index in [0.29, 0.717) is 24.5 Å². The van der Waals surface area contributed by atoms with Crippen LogP contribution in [0.2, 0.25) is 0 Å². The number of rotatable bonds is 5. The maximum Gasteiger partial charge on any atom is 0.232 e. The van der Waals surface area contributed by atoms with Gasteiger partial charge in [0.05, 0.1) is 43.2 Å². The molecule has 1 fully saturated rings. The maximum absolute atomic E-state index is 9.00. The molecule has 1 aliphatic heterocycles. The summed E-state index contributed by atoms with van der Waals surface area (Å²) in [6.45, 7) is 7.23. The topological polar surface area (TPSA) is 89.1 Å². The molecule has 0 atom stereocenters. The predicted molar refractivity (Wildman–Crippen MR) is 108 cm³/mol. The van der Waals surface area contributed by atoms with Crippen molar-refractivity contribution >= 4 is 5.95 Å². The number of pyridine rings is 1. The van der Waals surface area contributed by atoms with E-state index in [9.17, 15) is 0 Å². The molecule has 3 heterocycles. The number of ether oxygens (including phenoxy) is 2. The summed E-state index contributed by atoms with van der Waals surface area (Å²) in [6.07, 6.45) is 0.0576. The normalized spacial score (nSPS) is 13.7. The third kappa shape index (κ3) is 3.47. The van der Waals surface area contributed by atoms with Crippen LogP contribution in [-0.2, 0) is 0 Å². The fourth-order valence-corrected chi connectivity index (χ4v) is 3.43. The fourth-order valence-electron chi connectivity index (χ4n) is 3.43. The van der Waals surface area contributed by atoms with Gasteiger partial charge in [-0.2, -0.15) is 5.26 Å². The van der Waals surface area contributed by atoms with Gasteiger partial charge in [-0.25, -0.2) is 4.98 Å². The van der Waals surface area contributed by atoms with Crippen LogP contribution in [0.3, 0.4) is 0 Å². The SMILES string of the molecule is COc1ccc(-n2c(C)nnc2N2CC(Oc3ccc(C#N)cc3C)C2)c(C)n1. The largest absolute Gasteiger partial charge is 0.486 e. The number of aromatic nitrogens is 4. The number of nitriles is 1. The lowest BCUT2D eigenvalue weighted by atomic mass is 10.1. The molecule has 1 aliphatic rings. The summed E-state index contributed by atoms with van der Waals surface area (Å²) >= 11 is 0. The second-order valence-electron chi connectivity index (χ2n) is 7.08. The highest BCUT2D eigenvalue weighted by Crippen LogP contribution is 2.29. The maximum atomic E-state index is 9.00. The third-order valence-electron chi connectivity index (χ3n) is 5.02. The van der Waals surface area contributed by atoms with Crippen LogP contribution in [0.25, 0.3) is 5.69 Å². The standard InChI is InChI=1S/C21H22N6O2/c1-13-9-16(10-22)5-7-19(13)29-17-11-26(12-17)21-25-24-15(3)27(21)18-6-8-20(28-4)23-14(18)2/h5-9,17H,11-12H2,1-4H3. The first-order chi connectivity index (χ1) is 14.0. The number of nitrogens with zero attached hydrogens (tertiary/aromatic N) is 6. The summed E-state index contributed by atoms with van der Waals surface area (Å²) in [5, 5.41) is 17.6. The van der Waals surface area contributed by atoms with Crippen LogP contribution >= 0.6 is 0 Å². The van der Waals surface area contributed by atoms with Crippen LogP contribution in [0, 0.1) is 32.1 Å². The minimum absolute atomic E-state index is 0.0576. The number of hydrogen-bond donors (Lipinski definition) is 0. The molecule has 1 saturated heterocycles. The van der Waals surface area contributed by atoms with Crippen LogP contribution in [0.15, 0.2) is 30.3 Å². The Morgan fingerprint density at radius 1 is 1.10 bits per heavy atom. The fraction of sp³-hybridized carbons (Fsp3) is 0.333. The molecule has 0 spiro atoms. The van der Waals surface area contributed by atoms with Crippen molar-refractivity contribution in [2.45, 2.75) is 26.9 Å². The number of methoxy groups -OCH3 is 1. The van der Waals surface area contributed by atoms with E-state index in [1.165, 1.54) is 0 Å². The Balaban J connectivity index is 1.50. The molecule has 29 heavy (non-hydrogen) atoms. The Kier molecular flexibility index (Phi) is 4.80. The van der Waals surface area contributed by atoms with E-state index >= 15 is 0 Å². The van der Waals surface area contributed by atoms with Crippen molar-refractivity contribution in [2.75, 3.05) is 25.1 Å². The summed E-state index contributed by atoms with van der Waals surface area (Å²) in [5.74, 6) is 2.95. The Hall–Kier alpha value is -3.60. The van der Waals surface area contributed by atoms with Gasteiger partial charge in [0.1, 0.15) is 17.7 Å². The van der Waals surface area contributed by atoms with E-state index in [4.69, 9.17) is 14.7 Å². The summed E-state index contributed by atoms with van der Waals surface area (Å²) in [6, 6.07) is 11.4. The third-order valence-corrected chi connectivity index (χ3v) is 5.02. The summed E-state index contributed by atoms with van der Waals surface area (Å²) < 4.78 is 13.3. The molecule has 148 valence electrons. The van der Waals surface area contributed by atoms with Crippen molar-refractivity contribution < 1.29 is 9.47 Å². The van der Waals surface area contributed by atoms with Gasteiger partial charge in [0.25, 0.3) is 0 Å². The summed E-state index contributed by atoms with van der Waals surface area (Å²) in [7, 11) is 1.60. The lowest BCUT2D eigenvalue weighted by Crippen LogP contribution is -2.55. The minimum atomic E-state index is 0.0576. The van der Waals surface area contributed by atoms with E-state index in [2.05, 4.69) is 26.2 Å². The van der Waals surface area contributed by atoms with Gasteiger partial charge in [-0.15, -0.1) is 10.2 Å². The first kappa shape index (κ1) is 18.7. The Morgan fingerprint density at radius 2 is 1.90 bits per heavy atom. The molecule has 2 aromatic heterocycles. The summed E-state index contributed by atoms with van der Waals surface area (Å²) in [5.41, 5.74) is 3.37. The minimum Gasteiger partial charge on any atom is -0.486 e. The molecule has 0 unspecified atom stereocenters. The lowest BCUT2D eigenvalue weighted by Gasteiger charge is -2.39. The first-order valence-electron chi connectivity index (χ1n) is 9.36. The molecular formula is C21H22N6O2. The van der Waals surface area contributed by atoms with E-state index < -0.39 is 0 Å². The molecular weight excluding hydrogens is 368 g/mol. The van der Waals surface area contributed by atoms with Crippen LogP contribution in [0.5, 0.6) is 11.6 Å². The van der Waals surface area contributed by atoms with Crippen molar-refractivity contribution in [2.24, 2.45) is 0 Å². The highest BCUT2D eigenvalue weighted by molar-refractivity contribution is 5.49. The molecule has 0 bridgehead atoms. The molecule has 1 aromatic carbocycles. The number of aryl methyl sites for hydroxylation is 3. The molecule has 0 radical (unpaired) electrons. The van der Waals surface area contributed by atoms with Crippen molar-refractivity contribution in [3.05, 3.63) is 53.0 Å². The monoisotopic (exact) mass is 390 g/mol. The second-order valence-corrected chi connectivity index (χ2v) is 7.08. The van der Waals surface area contributed by atoms with Crippen molar-refractivity contribution in [3.63, 3.8) is 0 Å². The van der Waals surface area contributed by atoms with Crippen LogP contribution < -0.4 is 14.4 Å². The molecule has 3 aromatic rings. The van der Waals surface area contributed by atoms with E-state index in [1.54, 1.807) is 13.2 Å². The number of anilines is 1. The van der Waals surface area contributed by atoms with E-state index in [1.807, 2.05) is 49.6 Å². The molecule has 0 aliphatic carbocycles. The smallest absolute Gasteiger partial charge is 0.232 e. The summed E-state index contributed by atoms with van der Waals surface area (Å²) in [4.78, 5) is 6.60. The van der Waals surface area contributed by atoms with Gasteiger partial charge < -0.3 is 14.4 Å². The molecule has 8 heteroatoms. The number of hydrogen-bond acceptors (Lipinski definition) is 7. The van der Waals surface area contributed by atoms with Crippen LogP contribution in [0.4, 0.5) is 5.95 Å². The van der Waals surface area contributed by atoms with Crippen molar-refractivity contribution in [1.82, 2.24) is 19.7 Å². The van der Waals surface area contributed by atoms with Gasteiger partial charge >= 0.3 is 0 Å². The zero-order valence-electron chi connectivity index (χ0n) is 16.9. The first-order valence-corrected chi connectivity index (χ1v) is 9.36. The lowest BCUT2D eigenvalue weighted by molar-refractivity contribution is 0.164. The van der Waals surface area contributed by atoms with Gasteiger partial charge in [0.2, 0.25) is 11.8 Å². The molecule has 0 amide bonds. The Morgan fingerprint density at radius 3 is 2.55 bits per heavy atom. The number of benzene rings is 1. The van der Waals surface area contributed by atoms with E-state index in [-0.39, 0.29) is 6.10 Å². The zero-order chi connectivity index (χ0) is 20.5. The Bertz CT molecular complexity index is 1100. The van der Waals surface area contributed by atoms with Gasteiger partial charge in [-0.3, -0.25) is 4.57 Å². The average Bonchev–Trinajstić information content (AvgIpc) is 3.05. The molecule has 0 N–H and O–H groups in total. The van der Waals surface area contributed by atoms with Gasteiger partial charge in [-0.05, 0) is 50.6 Å². The predicted octanol–water partition coefficient (Wildman–Crippen LogP) is 2.74. The van der Waals surface area contributed by atoms with Crippen LogP contribution in [0.1, 0.15) is 22.6 Å². The van der Waals surface area contributed by atoms with Crippen molar-refractivity contribution in [3.8, 4) is 23.4 Å². The average molecular weight is 390 g/mol. The van der Waals surface area contributed by atoms with Gasteiger partial charge in [0.15, 0.2) is 0 Å². The highest BCUT2D eigenvalue weighted by atomic mass is 16.5. The van der Waals surface area contributed by atoms with Crippen molar-refractivity contribution in [1.29, 1.82) is 5.26 Å². The highest BCUT2D eigenvalue weighted by Gasteiger charge is 2.33. The zero-order valence-corrected chi connectivity index (χ0v) is 16.9.